The van der Waals surface area contributed by atoms with Crippen LogP contribution in [0.25, 0.3) is 0 Å². The van der Waals surface area contributed by atoms with Crippen LogP contribution in [-0.4, -0.2) is 95.1 Å². The Labute approximate surface area is 276 Å². The molecule has 1 aliphatic heterocycles. The van der Waals surface area contributed by atoms with Gasteiger partial charge in [0.25, 0.3) is 0 Å². The van der Waals surface area contributed by atoms with E-state index < -0.39 is 35.7 Å². The number of carbonyl (C=O) groups excluding carboxylic acids is 3. The van der Waals surface area contributed by atoms with Crippen molar-refractivity contribution in [2.75, 3.05) is 26.7 Å². The minimum atomic E-state index is -5.08. The van der Waals surface area contributed by atoms with Gasteiger partial charge >= 0.3 is 12.1 Å². The van der Waals surface area contributed by atoms with Crippen molar-refractivity contribution < 1.29 is 41.8 Å². The number of hydrogen-bond donors (Lipinski definition) is 4. The van der Waals surface area contributed by atoms with E-state index in [-0.39, 0.29) is 30.1 Å². The van der Waals surface area contributed by atoms with Crippen LogP contribution in [-0.2, 0) is 32.0 Å². The number of carboxylic acid groups (broad SMARTS) is 1. The van der Waals surface area contributed by atoms with Crippen LogP contribution in [0.3, 0.4) is 0 Å². The SMILES string of the molecule is CCCC1CN(C(Cc2ccccc2Cl)C(=O)NC)CCN1C(=O)C(Cc1ccc(F)cc1)NC(=O)C(C)(C)N.O=C(O)C(F)(F)F. The van der Waals surface area contributed by atoms with Gasteiger partial charge in [-0.1, -0.05) is 55.3 Å². The summed E-state index contributed by atoms with van der Waals surface area (Å²) in [5.41, 5.74) is 6.45. The molecular weight excluding hydrogens is 646 g/mol. The van der Waals surface area contributed by atoms with Gasteiger partial charge in [0.2, 0.25) is 17.7 Å². The average Bonchev–Trinajstić information content (AvgIpc) is 3.00. The maximum absolute atomic E-state index is 14.0. The number of nitrogens with two attached hydrogens (primary N) is 1. The Morgan fingerprint density at radius 3 is 2.15 bits per heavy atom. The lowest BCUT2D eigenvalue weighted by Crippen LogP contribution is -2.64. The molecule has 0 radical (unpaired) electrons. The molecule has 1 fully saturated rings. The van der Waals surface area contributed by atoms with E-state index in [4.69, 9.17) is 27.2 Å². The quantitative estimate of drug-likeness (QED) is 0.265. The molecule has 3 rings (SSSR count). The van der Waals surface area contributed by atoms with Crippen molar-refractivity contribution in [3.8, 4) is 0 Å². The molecule has 15 heteroatoms. The molecule has 3 unspecified atom stereocenters. The van der Waals surface area contributed by atoms with Crippen LogP contribution in [0.2, 0.25) is 5.02 Å². The van der Waals surface area contributed by atoms with Gasteiger partial charge in [-0.15, -0.1) is 0 Å². The molecule has 3 amide bonds. The van der Waals surface area contributed by atoms with E-state index >= 15 is 0 Å². The summed E-state index contributed by atoms with van der Waals surface area (Å²) in [4.78, 5) is 52.7. The Morgan fingerprint density at radius 1 is 1.04 bits per heavy atom. The van der Waals surface area contributed by atoms with Gasteiger partial charge < -0.3 is 26.4 Å². The van der Waals surface area contributed by atoms with Crippen LogP contribution >= 0.6 is 11.6 Å². The lowest BCUT2D eigenvalue weighted by atomic mass is 9.97. The number of rotatable bonds is 11. The molecular formula is C32H42ClF4N5O5. The summed E-state index contributed by atoms with van der Waals surface area (Å²) in [7, 11) is 1.62. The molecule has 1 heterocycles. The minimum absolute atomic E-state index is 0.110. The second-order valence-electron chi connectivity index (χ2n) is 11.8. The van der Waals surface area contributed by atoms with Crippen LogP contribution in [0.1, 0.15) is 44.7 Å². The lowest BCUT2D eigenvalue weighted by molar-refractivity contribution is -0.192. The van der Waals surface area contributed by atoms with E-state index in [0.29, 0.717) is 31.1 Å². The lowest BCUT2D eigenvalue weighted by Gasteiger charge is -2.45. The molecule has 2 aromatic carbocycles. The molecule has 10 nitrogen and oxygen atoms in total. The Hall–Kier alpha value is -3.75. The third-order valence-corrected chi connectivity index (χ3v) is 7.93. The first-order valence-corrected chi connectivity index (χ1v) is 15.4. The number of piperazine rings is 1. The Morgan fingerprint density at radius 2 is 1.64 bits per heavy atom. The summed E-state index contributed by atoms with van der Waals surface area (Å²) in [5, 5.41) is 13.4. The number of nitrogens with zero attached hydrogens (tertiary/aromatic N) is 2. The highest BCUT2D eigenvalue weighted by molar-refractivity contribution is 6.31. The molecule has 0 spiro atoms. The number of amides is 3. The van der Waals surface area contributed by atoms with Gasteiger partial charge in [-0.25, -0.2) is 9.18 Å². The van der Waals surface area contributed by atoms with E-state index in [1.54, 1.807) is 33.0 Å². The highest BCUT2D eigenvalue weighted by Gasteiger charge is 2.39. The smallest absolute Gasteiger partial charge is 0.475 e. The van der Waals surface area contributed by atoms with Crippen LogP contribution < -0.4 is 16.4 Å². The van der Waals surface area contributed by atoms with Crippen molar-refractivity contribution in [2.24, 2.45) is 5.73 Å². The van der Waals surface area contributed by atoms with Crippen molar-refractivity contribution in [1.82, 2.24) is 20.4 Å². The number of carbonyl (C=O) groups is 4. The van der Waals surface area contributed by atoms with E-state index in [1.165, 1.54) is 12.1 Å². The molecule has 1 saturated heterocycles. The minimum Gasteiger partial charge on any atom is -0.475 e. The average molecular weight is 688 g/mol. The number of likely N-dealkylation sites (N-methyl/N-ethyl adjacent to an activating group) is 1. The van der Waals surface area contributed by atoms with Crippen LogP contribution in [0.5, 0.6) is 0 Å². The van der Waals surface area contributed by atoms with Gasteiger partial charge in [0.1, 0.15) is 11.9 Å². The second-order valence-corrected chi connectivity index (χ2v) is 12.2. The van der Waals surface area contributed by atoms with Gasteiger partial charge in [-0.05, 0) is 56.0 Å². The van der Waals surface area contributed by atoms with Crippen molar-refractivity contribution in [2.45, 2.75) is 76.3 Å². The molecule has 2 aromatic rings. The molecule has 5 N–H and O–H groups in total. The molecule has 3 atom stereocenters. The Kier molecular flexibility index (Phi) is 14.6. The summed E-state index contributed by atoms with van der Waals surface area (Å²) in [6.07, 6.45) is -2.87. The predicted octanol–water partition coefficient (Wildman–Crippen LogP) is 3.55. The first-order chi connectivity index (χ1) is 21.9. The number of benzene rings is 2. The van der Waals surface area contributed by atoms with Gasteiger partial charge in [-0.3, -0.25) is 19.3 Å². The van der Waals surface area contributed by atoms with E-state index in [1.807, 2.05) is 29.2 Å². The molecule has 0 bridgehead atoms. The summed E-state index contributed by atoms with van der Waals surface area (Å²) in [6, 6.07) is 11.9. The fraction of sp³-hybridized carbons (Fsp3) is 0.500. The van der Waals surface area contributed by atoms with Crippen LogP contribution in [0, 0.1) is 5.82 Å². The number of nitrogens with one attached hydrogen (secondary N) is 2. The molecule has 0 aromatic heterocycles. The zero-order valence-corrected chi connectivity index (χ0v) is 27.5. The topological polar surface area (TPSA) is 145 Å². The highest BCUT2D eigenvalue weighted by Crippen LogP contribution is 2.24. The number of hydrogen-bond acceptors (Lipinski definition) is 6. The van der Waals surface area contributed by atoms with Crippen molar-refractivity contribution in [3.05, 3.63) is 70.5 Å². The molecule has 0 aliphatic carbocycles. The van der Waals surface area contributed by atoms with Crippen LogP contribution in [0.15, 0.2) is 48.5 Å². The molecule has 260 valence electrons. The molecule has 1 aliphatic rings. The van der Waals surface area contributed by atoms with Crippen LogP contribution in [0.4, 0.5) is 17.6 Å². The standard InChI is InChI=1S/C30H41ClFN5O3.C2HF3O2/c1-5-8-23-19-36(26(27(38)34-4)18-21-9-6-7-10-24(21)31)15-16-37(23)28(39)25(35-29(40)30(2,3)33)17-20-11-13-22(32)14-12-20;3-2(4,5)1(6)7/h6-7,9-14,23,25-26H,5,8,15-19,33H2,1-4H3,(H,34,38)(H,35,40);(H,6,7). The van der Waals surface area contributed by atoms with Gasteiger partial charge in [0, 0.05) is 44.2 Å². The van der Waals surface area contributed by atoms with Gasteiger partial charge in [-0.2, -0.15) is 13.2 Å². The van der Waals surface area contributed by atoms with Gasteiger partial charge in [0.15, 0.2) is 0 Å². The van der Waals surface area contributed by atoms with Gasteiger partial charge in [0.05, 0.1) is 11.6 Å². The van der Waals surface area contributed by atoms with E-state index in [0.717, 1.165) is 24.0 Å². The third kappa shape index (κ3) is 12.1. The highest BCUT2D eigenvalue weighted by atomic mass is 35.5. The first kappa shape index (κ1) is 39.4. The Bertz CT molecular complexity index is 1370. The number of halogens is 5. The number of aliphatic carboxylic acids is 1. The summed E-state index contributed by atoms with van der Waals surface area (Å²) in [5.74, 6) is -3.91. The zero-order chi connectivity index (χ0) is 35.5. The fourth-order valence-corrected chi connectivity index (χ4v) is 5.27. The van der Waals surface area contributed by atoms with Crippen molar-refractivity contribution in [3.63, 3.8) is 0 Å². The normalized spacial score (nSPS) is 16.7. The zero-order valence-electron chi connectivity index (χ0n) is 26.7. The summed E-state index contributed by atoms with van der Waals surface area (Å²) < 4.78 is 45.3. The Balaban J connectivity index is 0.000000984. The molecule has 0 saturated carbocycles. The second kappa shape index (κ2) is 17.4. The summed E-state index contributed by atoms with van der Waals surface area (Å²) in [6.45, 7) is 6.59. The maximum atomic E-state index is 14.0. The third-order valence-electron chi connectivity index (χ3n) is 7.56. The first-order valence-electron chi connectivity index (χ1n) is 15.0. The largest absolute Gasteiger partial charge is 0.490 e. The number of alkyl halides is 3. The number of carboxylic acids is 1. The monoisotopic (exact) mass is 687 g/mol. The predicted molar refractivity (Wildman–Crippen MR) is 169 cm³/mol. The fourth-order valence-electron chi connectivity index (χ4n) is 5.06. The maximum Gasteiger partial charge on any atom is 0.490 e. The van der Waals surface area contributed by atoms with E-state index in [9.17, 15) is 31.9 Å². The van der Waals surface area contributed by atoms with E-state index in [2.05, 4.69) is 22.5 Å². The summed E-state index contributed by atoms with van der Waals surface area (Å²) >= 11 is 6.41. The van der Waals surface area contributed by atoms with Crippen molar-refractivity contribution in [1.29, 1.82) is 0 Å². The van der Waals surface area contributed by atoms with Crippen molar-refractivity contribution >= 4 is 35.3 Å². The molecule has 47 heavy (non-hydrogen) atoms.